The summed E-state index contributed by atoms with van der Waals surface area (Å²) in [4.78, 5) is 16.4. The van der Waals surface area contributed by atoms with Crippen LogP contribution in [0.15, 0.2) is 59.3 Å². The quantitative estimate of drug-likeness (QED) is 0.653. The first kappa shape index (κ1) is 18.6. The number of ether oxygens (including phenoxy) is 1. The third-order valence-corrected chi connectivity index (χ3v) is 4.22. The molecule has 0 aliphatic carbocycles. The molecule has 0 aliphatic heterocycles. The molecule has 8 heteroatoms. The predicted octanol–water partition coefficient (Wildman–Crippen LogP) is 3.37. The zero-order valence-electron chi connectivity index (χ0n) is 14.5. The van der Waals surface area contributed by atoms with Gasteiger partial charge in [-0.3, -0.25) is 10.1 Å². The van der Waals surface area contributed by atoms with Crippen LogP contribution in [0, 0.1) is 11.3 Å². The Kier molecular flexibility index (Phi) is 5.84. The molecule has 136 valence electrons. The Morgan fingerprint density at radius 3 is 2.63 bits per heavy atom. The molecule has 0 saturated heterocycles. The number of nitrogens with zero attached hydrogens (tertiary/aromatic N) is 4. The van der Waals surface area contributed by atoms with Crippen LogP contribution >= 0.6 is 15.9 Å². The van der Waals surface area contributed by atoms with E-state index in [1.165, 1.54) is 0 Å². The lowest BCUT2D eigenvalue weighted by Crippen LogP contribution is -2.30. The summed E-state index contributed by atoms with van der Waals surface area (Å²) in [6.45, 7) is 2.18. The van der Waals surface area contributed by atoms with Crippen molar-refractivity contribution in [3.05, 3.63) is 70.5 Å². The number of halogens is 1. The highest BCUT2D eigenvalue weighted by Crippen LogP contribution is 2.14. The molecule has 1 heterocycles. The van der Waals surface area contributed by atoms with E-state index in [9.17, 15) is 4.79 Å². The van der Waals surface area contributed by atoms with Crippen LogP contribution in [0.4, 0.5) is 5.95 Å². The zero-order chi connectivity index (χ0) is 19.2. The SMILES string of the molecule is CC(Oc1ccc(C#N)cc1)C(=O)Nc1ncn(Cc2ccc(Br)cc2)n1. The van der Waals surface area contributed by atoms with Gasteiger partial charge in [0.15, 0.2) is 6.10 Å². The molecule has 1 N–H and O–H groups in total. The second kappa shape index (κ2) is 8.47. The van der Waals surface area contributed by atoms with Gasteiger partial charge in [0.05, 0.1) is 18.2 Å². The molecule has 3 rings (SSSR count). The van der Waals surface area contributed by atoms with Crippen molar-refractivity contribution in [1.29, 1.82) is 5.26 Å². The van der Waals surface area contributed by atoms with Crippen molar-refractivity contribution < 1.29 is 9.53 Å². The maximum atomic E-state index is 12.3. The number of carbonyl (C=O) groups is 1. The van der Waals surface area contributed by atoms with Gasteiger partial charge in [-0.15, -0.1) is 5.10 Å². The van der Waals surface area contributed by atoms with E-state index in [0.717, 1.165) is 10.0 Å². The molecule has 0 fully saturated rings. The van der Waals surface area contributed by atoms with E-state index in [2.05, 4.69) is 31.3 Å². The van der Waals surface area contributed by atoms with E-state index in [0.29, 0.717) is 17.9 Å². The average molecular weight is 426 g/mol. The van der Waals surface area contributed by atoms with Crippen molar-refractivity contribution in [2.75, 3.05) is 5.32 Å². The number of hydrogen-bond donors (Lipinski definition) is 1. The smallest absolute Gasteiger partial charge is 0.267 e. The Morgan fingerprint density at radius 2 is 1.96 bits per heavy atom. The van der Waals surface area contributed by atoms with Gasteiger partial charge in [-0.25, -0.2) is 9.67 Å². The molecule has 27 heavy (non-hydrogen) atoms. The van der Waals surface area contributed by atoms with Crippen molar-refractivity contribution >= 4 is 27.8 Å². The van der Waals surface area contributed by atoms with Crippen molar-refractivity contribution in [1.82, 2.24) is 14.8 Å². The highest BCUT2D eigenvalue weighted by Gasteiger charge is 2.16. The Morgan fingerprint density at radius 1 is 1.26 bits per heavy atom. The van der Waals surface area contributed by atoms with Crippen molar-refractivity contribution in [2.45, 2.75) is 19.6 Å². The molecule has 1 aromatic heterocycles. The first-order chi connectivity index (χ1) is 13.0. The van der Waals surface area contributed by atoms with Gasteiger partial charge in [-0.2, -0.15) is 5.26 Å². The van der Waals surface area contributed by atoms with E-state index in [1.807, 2.05) is 30.3 Å². The summed E-state index contributed by atoms with van der Waals surface area (Å²) in [6.07, 6.45) is 0.820. The lowest BCUT2D eigenvalue weighted by molar-refractivity contribution is -0.122. The number of nitrogens with one attached hydrogen (secondary N) is 1. The molecule has 1 amide bonds. The van der Waals surface area contributed by atoms with E-state index in [-0.39, 0.29) is 11.9 Å². The van der Waals surface area contributed by atoms with Gasteiger partial charge in [0, 0.05) is 4.47 Å². The third-order valence-electron chi connectivity index (χ3n) is 3.69. The predicted molar refractivity (Wildman–Crippen MR) is 103 cm³/mol. The number of carbonyl (C=O) groups excluding carboxylic acids is 1. The van der Waals surface area contributed by atoms with Crippen molar-refractivity contribution in [2.24, 2.45) is 0 Å². The lowest BCUT2D eigenvalue weighted by Gasteiger charge is -2.13. The van der Waals surface area contributed by atoms with E-state index < -0.39 is 6.10 Å². The Hall–Kier alpha value is -3.18. The van der Waals surface area contributed by atoms with Crippen molar-refractivity contribution in [3.63, 3.8) is 0 Å². The minimum absolute atomic E-state index is 0.215. The van der Waals surface area contributed by atoms with Crippen LogP contribution in [0.2, 0.25) is 0 Å². The number of rotatable bonds is 6. The fourth-order valence-corrected chi connectivity index (χ4v) is 2.55. The van der Waals surface area contributed by atoms with E-state index in [1.54, 1.807) is 42.2 Å². The first-order valence-electron chi connectivity index (χ1n) is 8.15. The fraction of sp³-hybridized carbons (Fsp3) is 0.158. The third kappa shape index (κ3) is 5.15. The second-order valence-electron chi connectivity index (χ2n) is 5.78. The molecule has 7 nitrogen and oxygen atoms in total. The molecule has 0 radical (unpaired) electrons. The number of anilines is 1. The van der Waals surface area contributed by atoms with Crippen LogP contribution in [0.25, 0.3) is 0 Å². The van der Waals surface area contributed by atoms with Gasteiger partial charge in [-0.1, -0.05) is 28.1 Å². The Balaban J connectivity index is 1.56. The van der Waals surface area contributed by atoms with Crippen LogP contribution in [0.3, 0.4) is 0 Å². The molecule has 0 spiro atoms. The van der Waals surface area contributed by atoms with Gasteiger partial charge >= 0.3 is 0 Å². The number of benzene rings is 2. The maximum Gasteiger partial charge on any atom is 0.267 e. The highest BCUT2D eigenvalue weighted by molar-refractivity contribution is 9.10. The second-order valence-corrected chi connectivity index (χ2v) is 6.69. The molecular weight excluding hydrogens is 410 g/mol. The summed E-state index contributed by atoms with van der Waals surface area (Å²) in [5, 5.41) is 15.7. The zero-order valence-corrected chi connectivity index (χ0v) is 16.0. The van der Waals surface area contributed by atoms with E-state index in [4.69, 9.17) is 10.00 Å². The number of amides is 1. The largest absolute Gasteiger partial charge is 0.481 e. The summed E-state index contributed by atoms with van der Waals surface area (Å²) >= 11 is 3.40. The molecule has 1 atom stereocenters. The van der Waals surface area contributed by atoms with Gasteiger partial charge in [0.1, 0.15) is 12.1 Å². The summed E-state index contributed by atoms with van der Waals surface area (Å²) in [7, 11) is 0. The maximum absolute atomic E-state index is 12.3. The lowest BCUT2D eigenvalue weighted by atomic mass is 10.2. The molecule has 0 bridgehead atoms. The molecule has 1 unspecified atom stereocenters. The summed E-state index contributed by atoms with van der Waals surface area (Å²) in [5.74, 6) is 0.360. The normalized spacial score (nSPS) is 11.4. The number of nitriles is 1. The highest BCUT2D eigenvalue weighted by atomic mass is 79.9. The Bertz CT molecular complexity index is 961. The summed E-state index contributed by atoms with van der Waals surface area (Å²) < 4.78 is 8.23. The van der Waals surface area contributed by atoms with Gasteiger partial charge in [-0.05, 0) is 48.9 Å². The molecular formula is C19H16BrN5O2. The van der Waals surface area contributed by atoms with Crippen LogP contribution < -0.4 is 10.1 Å². The minimum Gasteiger partial charge on any atom is -0.481 e. The van der Waals surface area contributed by atoms with Gasteiger partial charge in [0.2, 0.25) is 5.95 Å². The topological polar surface area (TPSA) is 92.8 Å². The van der Waals surface area contributed by atoms with Crippen LogP contribution in [-0.4, -0.2) is 26.8 Å². The molecule has 0 aliphatic rings. The fourth-order valence-electron chi connectivity index (χ4n) is 2.28. The van der Waals surface area contributed by atoms with E-state index >= 15 is 0 Å². The number of hydrogen-bond acceptors (Lipinski definition) is 5. The average Bonchev–Trinajstić information content (AvgIpc) is 3.11. The van der Waals surface area contributed by atoms with Gasteiger partial charge < -0.3 is 4.74 Å². The van der Waals surface area contributed by atoms with Crippen LogP contribution in [0.5, 0.6) is 5.75 Å². The number of aromatic nitrogens is 3. The van der Waals surface area contributed by atoms with Crippen LogP contribution in [-0.2, 0) is 11.3 Å². The van der Waals surface area contributed by atoms with Crippen LogP contribution in [0.1, 0.15) is 18.1 Å². The summed E-state index contributed by atoms with van der Waals surface area (Å²) in [6, 6.07) is 16.5. The van der Waals surface area contributed by atoms with Gasteiger partial charge in [0.25, 0.3) is 5.91 Å². The molecule has 0 saturated carbocycles. The van der Waals surface area contributed by atoms with Crippen molar-refractivity contribution in [3.8, 4) is 11.8 Å². The summed E-state index contributed by atoms with van der Waals surface area (Å²) in [5.41, 5.74) is 1.60. The monoisotopic (exact) mass is 425 g/mol. The first-order valence-corrected chi connectivity index (χ1v) is 8.94. The molecule has 3 aromatic rings. The minimum atomic E-state index is -0.739. The Labute approximate surface area is 164 Å². The standard InChI is InChI=1S/C19H16BrN5O2/c1-13(27-17-8-4-14(10-21)5-9-17)18(26)23-19-22-12-25(24-19)11-15-2-6-16(20)7-3-15/h2-9,12-13H,11H2,1H3,(H,23,24,26). The molecule has 2 aromatic carbocycles.